The first-order chi connectivity index (χ1) is 17.4. The third-order valence-corrected chi connectivity index (χ3v) is 6.59. The maximum absolute atomic E-state index is 13.2. The van der Waals surface area contributed by atoms with Crippen molar-refractivity contribution in [3.63, 3.8) is 0 Å². The number of amides is 1. The number of nitrogens with one attached hydrogen (secondary N) is 1. The number of aryl methyl sites for hydroxylation is 1. The molecule has 9 heteroatoms. The molecule has 2 heterocycles. The summed E-state index contributed by atoms with van der Waals surface area (Å²) in [6.07, 6.45) is 4.26. The van der Waals surface area contributed by atoms with Crippen molar-refractivity contribution in [2.45, 2.75) is 65.6 Å². The number of aliphatic hydroxyl groups excluding tert-OH is 1. The molecular weight excluding hydrogens is 478 g/mol. The van der Waals surface area contributed by atoms with E-state index in [1.54, 1.807) is 6.08 Å². The van der Waals surface area contributed by atoms with Crippen LogP contribution in [0.4, 0.5) is 0 Å². The zero-order valence-corrected chi connectivity index (χ0v) is 21.3. The lowest BCUT2D eigenvalue weighted by atomic mass is 9.84. The fourth-order valence-corrected chi connectivity index (χ4v) is 4.19. The fourth-order valence-electron chi connectivity index (χ4n) is 4.19. The molecule has 9 nitrogen and oxygen atoms in total. The molecular formula is C28H31NO8. The molecule has 0 saturated heterocycles. The van der Waals surface area contributed by atoms with Crippen molar-refractivity contribution in [1.82, 2.24) is 5.32 Å². The van der Waals surface area contributed by atoms with Gasteiger partial charge in [-0.1, -0.05) is 25.2 Å². The van der Waals surface area contributed by atoms with E-state index in [1.807, 2.05) is 6.92 Å². The molecule has 0 fully saturated rings. The fraction of sp³-hybridized carbons (Fsp3) is 0.393. The Balaban J connectivity index is 2.06. The molecule has 1 amide bonds. The second-order valence-corrected chi connectivity index (χ2v) is 9.35. The van der Waals surface area contributed by atoms with Gasteiger partial charge in [0, 0.05) is 35.6 Å². The number of benzene rings is 1. The zero-order valence-electron chi connectivity index (χ0n) is 21.3. The van der Waals surface area contributed by atoms with Gasteiger partial charge in [0.1, 0.15) is 18.0 Å². The molecule has 4 rings (SSSR count). The van der Waals surface area contributed by atoms with Gasteiger partial charge in [0.15, 0.2) is 11.6 Å². The van der Waals surface area contributed by atoms with E-state index in [2.05, 4.69) is 5.32 Å². The van der Waals surface area contributed by atoms with Crippen molar-refractivity contribution in [2.75, 3.05) is 0 Å². The van der Waals surface area contributed by atoms with Crippen molar-refractivity contribution in [1.29, 1.82) is 0 Å². The summed E-state index contributed by atoms with van der Waals surface area (Å²) >= 11 is 0. The SMILES string of the molecule is CC[C@@H]1/C=C/[C@H](O)[C@H](C)OC(=O)/C(C)=C/CC(=O)NC2=CC(=O)c3c(cc(C)c(O)c3C(=O)CC1)C2=O. The number of phenols is 1. The summed E-state index contributed by atoms with van der Waals surface area (Å²) < 4.78 is 5.28. The molecule has 196 valence electrons. The monoisotopic (exact) mass is 509 g/mol. The van der Waals surface area contributed by atoms with E-state index < -0.39 is 41.4 Å². The van der Waals surface area contributed by atoms with Crippen molar-refractivity contribution in [3.05, 3.63) is 63.9 Å². The first-order valence-electron chi connectivity index (χ1n) is 12.2. The number of aromatic hydroxyl groups is 1. The van der Waals surface area contributed by atoms with Gasteiger partial charge in [-0.05, 0) is 51.2 Å². The molecule has 1 aliphatic carbocycles. The molecule has 0 unspecified atom stereocenters. The van der Waals surface area contributed by atoms with Gasteiger partial charge in [-0.3, -0.25) is 19.2 Å². The van der Waals surface area contributed by atoms with Gasteiger partial charge in [0.05, 0.1) is 11.3 Å². The maximum Gasteiger partial charge on any atom is 0.333 e. The summed E-state index contributed by atoms with van der Waals surface area (Å²) in [7, 11) is 0. The van der Waals surface area contributed by atoms with Gasteiger partial charge in [0.2, 0.25) is 11.7 Å². The summed E-state index contributed by atoms with van der Waals surface area (Å²) in [6, 6.07) is 1.33. The van der Waals surface area contributed by atoms with Crippen molar-refractivity contribution >= 4 is 29.2 Å². The topological polar surface area (TPSA) is 147 Å². The van der Waals surface area contributed by atoms with Gasteiger partial charge in [0.25, 0.3) is 0 Å². The quantitative estimate of drug-likeness (QED) is 0.386. The van der Waals surface area contributed by atoms with E-state index in [9.17, 15) is 34.2 Å². The number of rotatable bonds is 1. The largest absolute Gasteiger partial charge is 0.507 e. The van der Waals surface area contributed by atoms with E-state index >= 15 is 0 Å². The number of carbonyl (C=O) groups is 5. The van der Waals surface area contributed by atoms with Crippen LogP contribution in [-0.4, -0.2) is 51.6 Å². The molecule has 3 atom stereocenters. The number of phenolic OH excluding ortho intramolecular Hbond substituents is 1. The zero-order chi connectivity index (χ0) is 27.4. The van der Waals surface area contributed by atoms with Crippen LogP contribution < -0.4 is 5.32 Å². The first kappa shape index (κ1) is 27.7. The lowest BCUT2D eigenvalue weighted by Crippen LogP contribution is -2.32. The molecule has 0 aromatic heterocycles. The van der Waals surface area contributed by atoms with Crippen molar-refractivity contribution < 1.29 is 38.9 Å². The Morgan fingerprint density at radius 2 is 1.78 bits per heavy atom. The number of ketones is 3. The lowest BCUT2D eigenvalue weighted by Gasteiger charge is -2.21. The predicted molar refractivity (Wildman–Crippen MR) is 134 cm³/mol. The predicted octanol–water partition coefficient (Wildman–Crippen LogP) is 3.27. The average Bonchev–Trinajstić information content (AvgIpc) is 2.85. The Kier molecular flexibility index (Phi) is 8.60. The smallest absolute Gasteiger partial charge is 0.333 e. The second kappa shape index (κ2) is 11.5. The number of hydrogen-bond acceptors (Lipinski definition) is 8. The van der Waals surface area contributed by atoms with Crippen LogP contribution in [0, 0.1) is 12.8 Å². The molecule has 1 aromatic rings. The van der Waals surface area contributed by atoms with Gasteiger partial charge < -0.3 is 20.3 Å². The highest BCUT2D eigenvalue weighted by Gasteiger charge is 2.33. The minimum Gasteiger partial charge on any atom is -0.507 e. The Hall–Kier alpha value is -3.85. The number of hydrogen-bond donors (Lipinski definition) is 3. The van der Waals surface area contributed by atoms with E-state index in [4.69, 9.17) is 4.74 Å². The van der Waals surface area contributed by atoms with Crippen molar-refractivity contribution in [3.8, 4) is 5.75 Å². The van der Waals surface area contributed by atoms with Crippen molar-refractivity contribution in [2.24, 2.45) is 5.92 Å². The van der Waals surface area contributed by atoms with Crippen LogP contribution in [0.1, 0.15) is 83.1 Å². The number of aliphatic hydroxyl groups is 1. The van der Waals surface area contributed by atoms with Crippen LogP contribution in [0.25, 0.3) is 0 Å². The summed E-state index contributed by atoms with van der Waals surface area (Å²) in [6.45, 7) is 6.43. The van der Waals surface area contributed by atoms with E-state index in [-0.39, 0.29) is 58.0 Å². The minimum absolute atomic E-state index is 0.0221. The standard InChI is InChI=1S/C28H31NO8/c1-5-17-7-9-20(30)16(4)37-28(36)14(2)6-11-23(33)29-19-13-22(32)24-18(27(19)35)12-15(3)26(34)25(24)21(31)10-8-17/h6-7,9,12-13,16-17,20,30,34H,5,8,10-11H2,1-4H3,(H,29,33)/b9-7+,14-6+/t16-,17+,20-/m0/s1. The van der Waals surface area contributed by atoms with Crippen LogP contribution in [0.15, 0.2) is 41.6 Å². The van der Waals surface area contributed by atoms with Crippen LogP contribution >= 0.6 is 0 Å². The molecule has 37 heavy (non-hydrogen) atoms. The Bertz CT molecular complexity index is 1250. The summed E-state index contributed by atoms with van der Waals surface area (Å²) in [5, 5.41) is 23.5. The molecule has 0 spiro atoms. The van der Waals surface area contributed by atoms with E-state index in [1.165, 1.54) is 39.0 Å². The van der Waals surface area contributed by atoms with Crippen LogP contribution in [0.5, 0.6) is 5.75 Å². The summed E-state index contributed by atoms with van der Waals surface area (Å²) in [5.41, 5.74) is -0.339. The highest BCUT2D eigenvalue weighted by Crippen LogP contribution is 2.34. The highest BCUT2D eigenvalue weighted by molar-refractivity contribution is 6.28. The Morgan fingerprint density at radius 3 is 2.46 bits per heavy atom. The van der Waals surface area contributed by atoms with Crippen LogP contribution in [-0.2, 0) is 14.3 Å². The van der Waals surface area contributed by atoms with Crippen LogP contribution in [0.3, 0.4) is 0 Å². The number of allylic oxidation sites excluding steroid dienone is 3. The average molecular weight is 510 g/mol. The third-order valence-electron chi connectivity index (χ3n) is 6.59. The summed E-state index contributed by atoms with van der Waals surface area (Å²) in [5.74, 6) is -3.67. The summed E-state index contributed by atoms with van der Waals surface area (Å²) in [4.78, 5) is 64.2. The Labute approximate surface area is 214 Å². The third kappa shape index (κ3) is 6.11. The normalized spacial score (nSPS) is 26.1. The molecule has 0 radical (unpaired) electrons. The first-order valence-corrected chi connectivity index (χ1v) is 12.2. The number of fused-ring (bicyclic) bond motifs is 13. The minimum atomic E-state index is -1.09. The van der Waals surface area contributed by atoms with Gasteiger partial charge in [-0.2, -0.15) is 0 Å². The van der Waals surface area contributed by atoms with Gasteiger partial charge >= 0.3 is 5.97 Å². The molecule has 3 aliphatic rings. The Morgan fingerprint density at radius 1 is 1.08 bits per heavy atom. The lowest BCUT2D eigenvalue weighted by molar-refractivity contribution is -0.147. The highest BCUT2D eigenvalue weighted by atomic mass is 16.6. The second-order valence-electron chi connectivity index (χ2n) is 9.35. The van der Waals surface area contributed by atoms with E-state index in [0.717, 1.165) is 6.08 Å². The number of carbonyl (C=O) groups excluding carboxylic acids is 5. The van der Waals surface area contributed by atoms with Gasteiger partial charge in [-0.15, -0.1) is 0 Å². The maximum atomic E-state index is 13.2. The number of esters is 1. The molecule has 0 saturated carbocycles. The van der Waals surface area contributed by atoms with Crippen LogP contribution in [0.2, 0.25) is 0 Å². The molecule has 2 aliphatic heterocycles. The number of ether oxygens (including phenoxy) is 1. The van der Waals surface area contributed by atoms with E-state index in [0.29, 0.717) is 12.8 Å². The molecule has 1 aromatic carbocycles. The van der Waals surface area contributed by atoms with Gasteiger partial charge in [-0.25, -0.2) is 4.79 Å². The molecule has 4 bridgehead atoms. The molecule has 3 N–H and O–H groups in total. The number of Topliss-reactive ketones (excluding diaryl/α,β-unsaturated/α-hetero) is 2.